The molecule has 1 unspecified atom stereocenters. The van der Waals surface area contributed by atoms with Crippen LogP contribution in [0.15, 0.2) is 36.5 Å². The Hall–Kier alpha value is -3.62. The molecule has 6 nitrogen and oxygen atoms in total. The van der Waals surface area contributed by atoms with Gasteiger partial charge in [0.05, 0.1) is 29.1 Å². The van der Waals surface area contributed by atoms with Gasteiger partial charge >= 0.3 is 0 Å². The summed E-state index contributed by atoms with van der Waals surface area (Å²) in [6.45, 7) is 2.30. The van der Waals surface area contributed by atoms with Crippen LogP contribution in [0.25, 0.3) is 22.2 Å². The van der Waals surface area contributed by atoms with Gasteiger partial charge in [0, 0.05) is 42.7 Å². The van der Waals surface area contributed by atoms with E-state index in [1.165, 1.54) is 4.68 Å². The molecule has 5 rings (SSSR count). The van der Waals surface area contributed by atoms with Gasteiger partial charge in [0.1, 0.15) is 0 Å². The first-order valence-corrected chi connectivity index (χ1v) is 10.2. The van der Waals surface area contributed by atoms with Crippen LogP contribution in [0.2, 0.25) is 0 Å². The number of benzene rings is 2. The van der Waals surface area contributed by atoms with Gasteiger partial charge < -0.3 is 4.90 Å². The first-order chi connectivity index (χ1) is 15.3. The van der Waals surface area contributed by atoms with E-state index in [-0.39, 0.29) is 17.5 Å². The van der Waals surface area contributed by atoms with Crippen molar-refractivity contribution in [2.45, 2.75) is 19.4 Å². The molecule has 32 heavy (non-hydrogen) atoms. The van der Waals surface area contributed by atoms with E-state index in [0.29, 0.717) is 29.9 Å². The number of aromatic nitrogens is 4. The Balaban J connectivity index is 1.50. The van der Waals surface area contributed by atoms with Crippen molar-refractivity contribution in [2.24, 2.45) is 14.1 Å². The zero-order valence-electron chi connectivity index (χ0n) is 17.7. The van der Waals surface area contributed by atoms with Crippen molar-refractivity contribution in [3.05, 3.63) is 70.8 Å². The van der Waals surface area contributed by atoms with E-state index in [9.17, 15) is 18.0 Å². The first-order valence-electron chi connectivity index (χ1n) is 10.2. The monoisotopic (exact) mass is 439 g/mol. The summed E-state index contributed by atoms with van der Waals surface area (Å²) in [6.07, 6.45) is 2.18. The SMILES string of the molecule is CC1c2nn(C)c(-c3cc(F)c(F)c(F)c3)c2CCN1C(=O)c1ccc2c(cnn2C)c1. The number of hydrogen-bond donors (Lipinski definition) is 0. The van der Waals surface area contributed by atoms with Crippen LogP contribution in [0.3, 0.4) is 0 Å². The lowest BCUT2D eigenvalue weighted by atomic mass is 9.95. The average molecular weight is 439 g/mol. The molecule has 164 valence electrons. The van der Waals surface area contributed by atoms with Gasteiger partial charge in [0.15, 0.2) is 17.5 Å². The second kappa shape index (κ2) is 7.22. The topological polar surface area (TPSA) is 56.0 Å². The van der Waals surface area contributed by atoms with Crippen molar-refractivity contribution in [1.29, 1.82) is 0 Å². The number of nitrogens with zero attached hydrogens (tertiary/aromatic N) is 5. The van der Waals surface area contributed by atoms with E-state index >= 15 is 0 Å². The molecule has 2 aromatic heterocycles. The smallest absolute Gasteiger partial charge is 0.254 e. The first kappa shape index (κ1) is 20.3. The normalized spacial score (nSPS) is 15.9. The summed E-state index contributed by atoms with van der Waals surface area (Å²) in [5.74, 6) is -4.12. The number of hydrogen-bond acceptors (Lipinski definition) is 3. The van der Waals surface area contributed by atoms with Crippen LogP contribution in [0.5, 0.6) is 0 Å². The minimum absolute atomic E-state index is 0.125. The minimum Gasteiger partial charge on any atom is -0.330 e. The maximum Gasteiger partial charge on any atom is 0.254 e. The highest BCUT2D eigenvalue weighted by Gasteiger charge is 2.33. The van der Waals surface area contributed by atoms with Gasteiger partial charge in [-0.3, -0.25) is 14.2 Å². The Kier molecular flexibility index (Phi) is 4.58. The molecule has 1 aliphatic heterocycles. The fraction of sp³-hybridized carbons (Fsp3) is 0.261. The standard InChI is InChI=1S/C23H20F3N5O/c1-12-21-16(22(30(3)28-21)14-9-17(24)20(26)18(25)10-14)6-7-31(12)23(32)13-4-5-19-15(8-13)11-27-29(19)2/h4-5,8-12H,6-7H2,1-3H3. The van der Waals surface area contributed by atoms with Crippen LogP contribution >= 0.6 is 0 Å². The summed E-state index contributed by atoms with van der Waals surface area (Å²) < 4.78 is 44.4. The highest BCUT2D eigenvalue weighted by molar-refractivity contribution is 5.98. The number of amides is 1. The van der Waals surface area contributed by atoms with E-state index in [1.807, 2.05) is 26.1 Å². The Labute approximate surface area is 181 Å². The molecular formula is C23H20F3N5O. The van der Waals surface area contributed by atoms with Gasteiger partial charge in [0.25, 0.3) is 5.91 Å². The highest BCUT2D eigenvalue weighted by Crippen LogP contribution is 2.37. The summed E-state index contributed by atoms with van der Waals surface area (Å²) in [6, 6.07) is 7.07. The largest absolute Gasteiger partial charge is 0.330 e. The molecule has 0 saturated heterocycles. The van der Waals surface area contributed by atoms with Gasteiger partial charge in [-0.1, -0.05) is 0 Å². The van der Waals surface area contributed by atoms with Crippen LogP contribution < -0.4 is 0 Å². The lowest BCUT2D eigenvalue weighted by Gasteiger charge is -2.33. The number of carbonyl (C=O) groups is 1. The van der Waals surface area contributed by atoms with E-state index < -0.39 is 17.5 Å². The third-order valence-electron chi connectivity index (χ3n) is 6.15. The molecule has 1 aliphatic rings. The predicted molar refractivity (Wildman–Crippen MR) is 112 cm³/mol. The molecule has 0 bridgehead atoms. The molecule has 0 saturated carbocycles. The summed E-state index contributed by atoms with van der Waals surface area (Å²) in [4.78, 5) is 15.0. The molecule has 1 atom stereocenters. The third kappa shape index (κ3) is 2.99. The average Bonchev–Trinajstić information content (AvgIpc) is 3.31. The summed E-state index contributed by atoms with van der Waals surface area (Å²) >= 11 is 0. The fourth-order valence-electron chi connectivity index (χ4n) is 4.54. The second-order valence-corrected chi connectivity index (χ2v) is 8.06. The number of carbonyl (C=O) groups excluding carboxylic acids is 1. The van der Waals surface area contributed by atoms with Crippen LogP contribution in [-0.2, 0) is 20.5 Å². The molecule has 9 heteroatoms. The van der Waals surface area contributed by atoms with Gasteiger partial charge in [0.2, 0.25) is 0 Å². The Bertz CT molecular complexity index is 1370. The van der Waals surface area contributed by atoms with Crippen molar-refractivity contribution in [3.8, 4) is 11.3 Å². The van der Waals surface area contributed by atoms with Crippen LogP contribution in [-0.4, -0.2) is 36.9 Å². The van der Waals surface area contributed by atoms with Crippen LogP contribution in [0, 0.1) is 17.5 Å². The highest BCUT2D eigenvalue weighted by atomic mass is 19.2. The maximum atomic E-state index is 13.8. The molecule has 3 heterocycles. The lowest BCUT2D eigenvalue weighted by Crippen LogP contribution is -2.38. The Morgan fingerprint density at radius 2 is 1.78 bits per heavy atom. The number of rotatable bonds is 2. The number of halogens is 3. The zero-order chi connectivity index (χ0) is 22.7. The zero-order valence-corrected chi connectivity index (χ0v) is 17.7. The predicted octanol–water partition coefficient (Wildman–Crippen LogP) is 4.15. The van der Waals surface area contributed by atoms with E-state index in [4.69, 9.17) is 0 Å². The number of aryl methyl sites for hydroxylation is 2. The van der Waals surface area contributed by atoms with Gasteiger partial charge in [-0.15, -0.1) is 0 Å². The molecule has 2 aromatic carbocycles. The van der Waals surface area contributed by atoms with Gasteiger partial charge in [-0.2, -0.15) is 10.2 Å². The summed E-state index contributed by atoms with van der Waals surface area (Å²) in [5.41, 5.74) is 3.69. The van der Waals surface area contributed by atoms with Crippen molar-refractivity contribution in [2.75, 3.05) is 6.54 Å². The summed E-state index contributed by atoms with van der Waals surface area (Å²) in [5, 5.41) is 9.63. The van der Waals surface area contributed by atoms with E-state index in [0.717, 1.165) is 28.6 Å². The Morgan fingerprint density at radius 1 is 1.06 bits per heavy atom. The van der Waals surface area contributed by atoms with Gasteiger partial charge in [-0.05, 0) is 43.7 Å². The van der Waals surface area contributed by atoms with Crippen molar-refractivity contribution in [1.82, 2.24) is 24.5 Å². The fourth-order valence-corrected chi connectivity index (χ4v) is 4.54. The molecule has 1 amide bonds. The van der Waals surface area contributed by atoms with E-state index in [2.05, 4.69) is 10.2 Å². The minimum atomic E-state index is -1.50. The molecule has 0 spiro atoms. The summed E-state index contributed by atoms with van der Waals surface area (Å²) in [7, 11) is 3.51. The third-order valence-corrected chi connectivity index (χ3v) is 6.15. The molecular weight excluding hydrogens is 419 g/mol. The quantitative estimate of drug-likeness (QED) is 0.441. The van der Waals surface area contributed by atoms with Crippen molar-refractivity contribution < 1.29 is 18.0 Å². The van der Waals surface area contributed by atoms with Crippen molar-refractivity contribution >= 4 is 16.8 Å². The molecule has 0 N–H and O–H groups in total. The molecule has 0 aliphatic carbocycles. The Morgan fingerprint density at radius 3 is 2.50 bits per heavy atom. The molecule has 0 radical (unpaired) electrons. The maximum absolute atomic E-state index is 13.8. The second-order valence-electron chi connectivity index (χ2n) is 8.06. The van der Waals surface area contributed by atoms with Crippen molar-refractivity contribution in [3.63, 3.8) is 0 Å². The van der Waals surface area contributed by atoms with Gasteiger partial charge in [-0.25, -0.2) is 13.2 Å². The lowest BCUT2D eigenvalue weighted by molar-refractivity contribution is 0.0674. The molecule has 0 fully saturated rings. The van der Waals surface area contributed by atoms with E-state index in [1.54, 1.807) is 28.9 Å². The number of fused-ring (bicyclic) bond motifs is 2. The van der Waals surface area contributed by atoms with Crippen LogP contribution in [0.1, 0.15) is 34.6 Å². The van der Waals surface area contributed by atoms with Crippen LogP contribution in [0.4, 0.5) is 13.2 Å². The molecule has 4 aromatic rings.